The molecule has 0 spiro atoms. The van der Waals surface area contributed by atoms with E-state index in [0.29, 0.717) is 28.3 Å². The third kappa shape index (κ3) is 8.14. The second kappa shape index (κ2) is 12.5. The minimum atomic E-state index is 0.214. The molecule has 28 heavy (non-hydrogen) atoms. The topological polar surface area (TPSA) is 41.1 Å². The maximum Gasteiger partial charge on any atom is 0.220 e. The Hall–Kier alpha value is -1.03. The van der Waals surface area contributed by atoms with Crippen molar-refractivity contribution in [1.82, 2.24) is 10.6 Å². The Morgan fingerprint density at radius 3 is 2.61 bits per heavy atom. The van der Waals surface area contributed by atoms with Crippen molar-refractivity contribution in [3.63, 3.8) is 0 Å². The van der Waals surface area contributed by atoms with E-state index < -0.39 is 0 Å². The summed E-state index contributed by atoms with van der Waals surface area (Å²) in [5, 5.41) is 7.82. The van der Waals surface area contributed by atoms with Gasteiger partial charge in [-0.15, -0.1) is 0 Å². The predicted octanol–water partition coefficient (Wildman–Crippen LogP) is 6.14. The number of nitrogens with one attached hydrogen (secondary N) is 2. The van der Waals surface area contributed by atoms with Crippen LogP contribution >= 0.6 is 23.2 Å². The summed E-state index contributed by atoms with van der Waals surface area (Å²) in [6.07, 6.45) is 11.8. The van der Waals surface area contributed by atoms with Crippen molar-refractivity contribution in [2.24, 2.45) is 11.8 Å². The molecule has 2 rings (SSSR count). The molecule has 2 N–H and O–H groups in total. The molecule has 0 saturated heterocycles. The molecule has 1 aromatic carbocycles. The largest absolute Gasteiger partial charge is 0.353 e. The first-order chi connectivity index (χ1) is 13.5. The number of benzene rings is 1. The molecule has 1 aliphatic carbocycles. The zero-order valence-corrected chi connectivity index (χ0v) is 18.7. The van der Waals surface area contributed by atoms with E-state index in [4.69, 9.17) is 23.2 Å². The number of rotatable bonds is 10. The average Bonchev–Trinajstić information content (AvgIpc) is 2.68. The van der Waals surface area contributed by atoms with Crippen molar-refractivity contribution >= 4 is 29.1 Å². The number of halogens is 2. The zero-order valence-electron chi connectivity index (χ0n) is 17.1. The number of hydrogen-bond acceptors (Lipinski definition) is 2. The molecule has 0 heterocycles. The van der Waals surface area contributed by atoms with Crippen molar-refractivity contribution < 1.29 is 4.79 Å². The van der Waals surface area contributed by atoms with Gasteiger partial charge in [-0.25, -0.2) is 0 Å². The van der Waals surface area contributed by atoms with Gasteiger partial charge in [-0.05, 0) is 81.5 Å². The van der Waals surface area contributed by atoms with Crippen LogP contribution in [0.15, 0.2) is 30.4 Å². The summed E-state index contributed by atoms with van der Waals surface area (Å²) in [7, 11) is 0. The van der Waals surface area contributed by atoms with Crippen LogP contribution in [0.2, 0.25) is 10.0 Å². The molecular weight excluding hydrogens is 391 g/mol. The fraction of sp³-hybridized carbons (Fsp3) is 0.609. The standard InChI is InChI=1S/C23H34Cl2N2O/c1-3-5-17-6-8-18(9-7-17)15-23(28)27-20(4-2)12-13-26-16-19-10-11-21(24)22(25)14-19/h3,5,10-11,14,17-18,20,26H,4,6-9,12-13,15-16H2,1-2H3,(H,27,28)/b5-3+. The summed E-state index contributed by atoms with van der Waals surface area (Å²) in [6, 6.07) is 5.92. The van der Waals surface area contributed by atoms with E-state index in [0.717, 1.165) is 31.5 Å². The molecule has 0 radical (unpaired) electrons. The highest BCUT2D eigenvalue weighted by Crippen LogP contribution is 2.31. The minimum absolute atomic E-state index is 0.214. The van der Waals surface area contributed by atoms with Crippen molar-refractivity contribution in [3.8, 4) is 0 Å². The van der Waals surface area contributed by atoms with Crippen LogP contribution in [0.1, 0.15) is 64.4 Å². The van der Waals surface area contributed by atoms with Gasteiger partial charge in [-0.1, -0.05) is 48.3 Å². The third-order valence-corrected chi connectivity index (χ3v) is 6.41. The third-order valence-electron chi connectivity index (χ3n) is 5.67. The lowest BCUT2D eigenvalue weighted by Gasteiger charge is -2.27. The Morgan fingerprint density at radius 2 is 1.96 bits per heavy atom. The lowest BCUT2D eigenvalue weighted by atomic mass is 9.80. The van der Waals surface area contributed by atoms with E-state index in [-0.39, 0.29) is 11.9 Å². The molecule has 1 unspecified atom stereocenters. The van der Waals surface area contributed by atoms with Crippen LogP contribution in [0.4, 0.5) is 0 Å². The summed E-state index contributed by atoms with van der Waals surface area (Å²) in [4.78, 5) is 12.4. The van der Waals surface area contributed by atoms with Gasteiger partial charge in [-0.2, -0.15) is 0 Å². The molecule has 1 aliphatic rings. The van der Waals surface area contributed by atoms with E-state index in [9.17, 15) is 4.79 Å². The molecule has 3 nitrogen and oxygen atoms in total. The van der Waals surface area contributed by atoms with Gasteiger partial charge >= 0.3 is 0 Å². The van der Waals surface area contributed by atoms with Crippen LogP contribution in [-0.2, 0) is 11.3 Å². The maximum absolute atomic E-state index is 12.4. The molecule has 1 fully saturated rings. The van der Waals surface area contributed by atoms with Gasteiger partial charge < -0.3 is 10.6 Å². The molecule has 1 saturated carbocycles. The number of allylic oxidation sites excluding steroid dienone is 2. The van der Waals surface area contributed by atoms with Crippen molar-refractivity contribution in [2.75, 3.05) is 6.54 Å². The maximum atomic E-state index is 12.4. The Labute approximate surface area is 180 Å². The quantitative estimate of drug-likeness (QED) is 0.349. The van der Waals surface area contributed by atoms with Crippen molar-refractivity contribution in [2.45, 2.75) is 71.4 Å². The van der Waals surface area contributed by atoms with Crippen LogP contribution in [0, 0.1) is 11.8 Å². The number of carbonyl (C=O) groups is 1. The highest BCUT2D eigenvalue weighted by molar-refractivity contribution is 6.42. The predicted molar refractivity (Wildman–Crippen MR) is 120 cm³/mol. The molecule has 0 aliphatic heterocycles. The Balaban J connectivity index is 1.64. The molecule has 0 bridgehead atoms. The van der Waals surface area contributed by atoms with E-state index >= 15 is 0 Å². The fourth-order valence-electron chi connectivity index (χ4n) is 3.94. The Morgan fingerprint density at radius 1 is 1.21 bits per heavy atom. The SMILES string of the molecule is C/C=C/C1CCC(CC(=O)NC(CC)CCNCc2ccc(Cl)c(Cl)c2)CC1. The number of hydrogen-bond donors (Lipinski definition) is 2. The lowest BCUT2D eigenvalue weighted by Crippen LogP contribution is -2.37. The van der Waals surface area contributed by atoms with Gasteiger partial charge in [0.2, 0.25) is 5.91 Å². The Kier molecular flexibility index (Phi) is 10.4. The van der Waals surface area contributed by atoms with Gasteiger partial charge in [0, 0.05) is 19.0 Å². The summed E-state index contributed by atoms with van der Waals surface area (Å²) in [5.74, 6) is 1.48. The second-order valence-electron chi connectivity index (χ2n) is 7.90. The van der Waals surface area contributed by atoms with E-state index in [2.05, 4.69) is 36.6 Å². The molecule has 0 aromatic heterocycles. The van der Waals surface area contributed by atoms with E-state index in [1.165, 1.54) is 25.7 Å². The Bertz CT molecular complexity index is 639. The van der Waals surface area contributed by atoms with Gasteiger partial charge in [-0.3, -0.25) is 4.79 Å². The van der Waals surface area contributed by atoms with Gasteiger partial charge in [0.1, 0.15) is 0 Å². The summed E-state index contributed by atoms with van der Waals surface area (Å²) < 4.78 is 0. The monoisotopic (exact) mass is 424 g/mol. The molecule has 5 heteroatoms. The average molecular weight is 425 g/mol. The zero-order chi connectivity index (χ0) is 20.4. The van der Waals surface area contributed by atoms with Crippen LogP contribution in [0.5, 0.6) is 0 Å². The first-order valence-electron chi connectivity index (χ1n) is 10.6. The van der Waals surface area contributed by atoms with Crippen LogP contribution in [-0.4, -0.2) is 18.5 Å². The highest BCUT2D eigenvalue weighted by atomic mass is 35.5. The number of carbonyl (C=O) groups excluding carboxylic acids is 1. The normalized spacial score (nSPS) is 21.0. The highest BCUT2D eigenvalue weighted by Gasteiger charge is 2.22. The van der Waals surface area contributed by atoms with Gasteiger partial charge in [0.25, 0.3) is 0 Å². The van der Waals surface area contributed by atoms with E-state index in [1.54, 1.807) is 0 Å². The lowest BCUT2D eigenvalue weighted by molar-refractivity contribution is -0.123. The first-order valence-corrected chi connectivity index (χ1v) is 11.3. The summed E-state index contributed by atoms with van der Waals surface area (Å²) in [6.45, 7) is 5.82. The smallest absolute Gasteiger partial charge is 0.220 e. The van der Waals surface area contributed by atoms with Gasteiger partial charge in [0.05, 0.1) is 10.0 Å². The van der Waals surface area contributed by atoms with Crippen LogP contribution < -0.4 is 10.6 Å². The summed E-state index contributed by atoms with van der Waals surface area (Å²) >= 11 is 12.0. The fourth-order valence-corrected chi connectivity index (χ4v) is 4.26. The van der Waals surface area contributed by atoms with Crippen LogP contribution in [0.25, 0.3) is 0 Å². The molecule has 1 aromatic rings. The number of amides is 1. The molecular formula is C23H34Cl2N2O. The molecule has 1 atom stereocenters. The van der Waals surface area contributed by atoms with Crippen molar-refractivity contribution in [3.05, 3.63) is 46.0 Å². The van der Waals surface area contributed by atoms with E-state index in [1.807, 2.05) is 18.2 Å². The van der Waals surface area contributed by atoms with Crippen LogP contribution in [0.3, 0.4) is 0 Å². The second-order valence-corrected chi connectivity index (χ2v) is 8.71. The minimum Gasteiger partial charge on any atom is -0.353 e. The first kappa shape index (κ1) is 23.3. The summed E-state index contributed by atoms with van der Waals surface area (Å²) in [5.41, 5.74) is 1.11. The molecule has 1 amide bonds. The van der Waals surface area contributed by atoms with Crippen molar-refractivity contribution in [1.29, 1.82) is 0 Å². The molecule has 156 valence electrons. The van der Waals surface area contributed by atoms with Gasteiger partial charge in [0.15, 0.2) is 0 Å².